The molecule has 1 aliphatic rings. The van der Waals surface area contributed by atoms with Crippen LogP contribution in [0, 0.1) is 6.92 Å². The summed E-state index contributed by atoms with van der Waals surface area (Å²) in [7, 11) is 0. The zero-order valence-electron chi connectivity index (χ0n) is 14.0. The molecule has 126 valence electrons. The van der Waals surface area contributed by atoms with Crippen LogP contribution in [0.2, 0.25) is 5.02 Å². The number of benzene rings is 2. The molecule has 1 aliphatic heterocycles. The van der Waals surface area contributed by atoms with Gasteiger partial charge >= 0.3 is 0 Å². The zero-order chi connectivity index (χ0) is 17.1. The summed E-state index contributed by atoms with van der Waals surface area (Å²) in [5.74, 6) is 0.127. The predicted octanol–water partition coefficient (Wildman–Crippen LogP) is 4.33. The first-order chi connectivity index (χ1) is 11.6. The normalized spacial score (nSPS) is 14.8. The number of piperazine rings is 1. The maximum atomic E-state index is 12.8. The van der Waals surface area contributed by atoms with Gasteiger partial charge in [-0.2, -0.15) is 0 Å². The van der Waals surface area contributed by atoms with E-state index in [9.17, 15) is 4.79 Å². The highest BCUT2D eigenvalue weighted by Gasteiger charge is 2.24. The fourth-order valence-electron chi connectivity index (χ4n) is 3.07. The van der Waals surface area contributed by atoms with Crippen molar-refractivity contribution in [2.45, 2.75) is 11.8 Å². The lowest BCUT2D eigenvalue weighted by molar-refractivity contribution is 0.0743. The van der Waals surface area contributed by atoms with E-state index >= 15 is 0 Å². The molecule has 5 heteroatoms. The average molecular weight is 361 g/mol. The quantitative estimate of drug-likeness (QED) is 0.761. The molecule has 0 saturated carbocycles. The second-order valence-corrected chi connectivity index (χ2v) is 7.19. The predicted molar refractivity (Wildman–Crippen MR) is 103 cm³/mol. The molecule has 24 heavy (non-hydrogen) atoms. The summed E-state index contributed by atoms with van der Waals surface area (Å²) in [4.78, 5) is 18.1. The Hall–Kier alpha value is -1.65. The van der Waals surface area contributed by atoms with E-state index in [2.05, 4.69) is 11.8 Å². The number of carbonyl (C=O) groups is 1. The molecule has 0 aromatic heterocycles. The van der Waals surface area contributed by atoms with Gasteiger partial charge in [0.05, 0.1) is 5.56 Å². The van der Waals surface area contributed by atoms with Crippen LogP contribution < -0.4 is 4.90 Å². The van der Waals surface area contributed by atoms with Gasteiger partial charge in [-0.05, 0) is 43.0 Å². The number of anilines is 1. The van der Waals surface area contributed by atoms with Crippen molar-refractivity contribution in [1.82, 2.24) is 4.90 Å². The van der Waals surface area contributed by atoms with Crippen molar-refractivity contribution in [2.24, 2.45) is 0 Å². The summed E-state index contributed by atoms with van der Waals surface area (Å²) < 4.78 is 0. The summed E-state index contributed by atoms with van der Waals surface area (Å²) in [6.07, 6.45) is 2.01. The first-order valence-electron chi connectivity index (χ1n) is 8.03. The molecular weight excluding hydrogens is 340 g/mol. The summed E-state index contributed by atoms with van der Waals surface area (Å²) in [5.41, 5.74) is 3.18. The summed E-state index contributed by atoms with van der Waals surface area (Å²) in [6.45, 7) is 5.21. The maximum Gasteiger partial charge on any atom is 0.255 e. The van der Waals surface area contributed by atoms with E-state index in [0.717, 1.165) is 41.7 Å². The number of aryl methyl sites for hydroxylation is 1. The molecule has 1 fully saturated rings. The monoisotopic (exact) mass is 360 g/mol. The van der Waals surface area contributed by atoms with Gasteiger partial charge in [0.15, 0.2) is 0 Å². The van der Waals surface area contributed by atoms with E-state index in [1.165, 1.54) is 11.3 Å². The van der Waals surface area contributed by atoms with E-state index in [-0.39, 0.29) is 5.91 Å². The topological polar surface area (TPSA) is 23.6 Å². The molecule has 0 bridgehead atoms. The van der Waals surface area contributed by atoms with Crippen molar-refractivity contribution < 1.29 is 4.79 Å². The van der Waals surface area contributed by atoms with Crippen LogP contribution in [0.25, 0.3) is 0 Å². The molecule has 0 spiro atoms. The van der Waals surface area contributed by atoms with Gasteiger partial charge in [-0.25, -0.2) is 0 Å². The maximum absolute atomic E-state index is 12.8. The smallest absolute Gasteiger partial charge is 0.255 e. The molecule has 1 saturated heterocycles. The lowest BCUT2D eigenvalue weighted by atomic mass is 10.1. The highest BCUT2D eigenvalue weighted by molar-refractivity contribution is 7.98. The lowest BCUT2D eigenvalue weighted by Crippen LogP contribution is -2.49. The second-order valence-electron chi connectivity index (χ2n) is 5.91. The summed E-state index contributed by atoms with van der Waals surface area (Å²) in [6, 6.07) is 13.8. The highest BCUT2D eigenvalue weighted by atomic mass is 35.5. The van der Waals surface area contributed by atoms with Gasteiger partial charge in [-0.3, -0.25) is 4.79 Å². The molecule has 0 N–H and O–H groups in total. The third-order valence-corrected chi connectivity index (χ3v) is 5.45. The Kier molecular flexibility index (Phi) is 5.36. The van der Waals surface area contributed by atoms with Crippen molar-refractivity contribution in [1.29, 1.82) is 0 Å². The minimum absolute atomic E-state index is 0.127. The zero-order valence-corrected chi connectivity index (χ0v) is 15.5. The highest BCUT2D eigenvalue weighted by Crippen LogP contribution is 2.26. The number of thioether (sulfide) groups is 1. The fraction of sp³-hybridized carbons (Fsp3) is 0.316. The Balaban J connectivity index is 1.71. The van der Waals surface area contributed by atoms with Crippen LogP contribution in [0.3, 0.4) is 0 Å². The van der Waals surface area contributed by atoms with E-state index in [1.54, 1.807) is 11.8 Å². The first-order valence-corrected chi connectivity index (χ1v) is 9.64. The van der Waals surface area contributed by atoms with Crippen LogP contribution in [0.5, 0.6) is 0 Å². The fourth-order valence-corrected chi connectivity index (χ4v) is 3.82. The number of amides is 1. The molecule has 0 radical (unpaired) electrons. The molecule has 3 rings (SSSR count). The van der Waals surface area contributed by atoms with Crippen LogP contribution in [0.1, 0.15) is 15.9 Å². The van der Waals surface area contributed by atoms with Crippen molar-refractivity contribution in [3.63, 3.8) is 0 Å². The molecule has 0 atom stereocenters. The Morgan fingerprint density at radius 1 is 1.08 bits per heavy atom. The molecule has 1 heterocycles. The molecule has 2 aromatic rings. The van der Waals surface area contributed by atoms with Gasteiger partial charge in [0.25, 0.3) is 5.91 Å². The van der Waals surface area contributed by atoms with Gasteiger partial charge in [0, 0.05) is 41.8 Å². The summed E-state index contributed by atoms with van der Waals surface area (Å²) in [5, 5.41) is 0.753. The lowest BCUT2D eigenvalue weighted by Gasteiger charge is -2.37. The number of hydrogen-bond acceptors (Lipinski definition) is 3. The van der Waals surface area contributed by atoms with E-state index in [1.807, 2.05) is 53.6 Å². The van der Waals surface area contributed by atoms with E-state index in [4.69, 9.17) is 11.6 Å². The van der Waals surface area contributed by atoms with Gasteiger partial charge < -0.3 is 9.80 Å². The van der Waals surface area contributed by atoms with Crippen molar-refractivity contribution in [3.05, 3.63) is 58.6 Å². The molecule has 3 nitrogen and oxygen atoms in total. The molecule has 0 aliphatic carbocycles. The minimum Gasteiger partial charge on any atom is -0.368 e. The third-order valence-electron chi connectivity index (χ3n) is 4.42. The molecule has 1 amide bonds. The standard InChI is InChI=1S/C19H21ClN2OS/c1-14-7-8-15(20)13-17(14)21-9-11-22(12-10-21)19(23)16-5-3-4-6-18(16)24-2/h3-8,13H,9-12H2,1-2H3. The van der Waals surface area contributed by atoms with E-state index in [0.29, 0.717) is 0 Å². The summed E-state index contributed by atoms with van der Waals surface area (Å²) >= 11 is 7.75. The first kappa shape index (κ1) is 17.2. The third kappa shape index (κ3) is 3.55. The van der Waals surface area contributed by atoms with Crippen LogP contribution in [-0.4, -0.2) is 43.2 Å². The Morgan fingerprint density at radius 3 is 2.50 bits per heavy atom. The van der Waals surface area contributed by atoms with Crippen molar-refractivity contribution in [2.75, 3.05) is 37.3 Å². The van der Waals surface area contributed by atoms with Gasteiger partial charge in [-0.1, -0.05) is 29.8 Å². The Morgan fingerprint density at radius 2 is 1.79 bits per heavy atom. The number of hydrogen-bond donors (Lipinski definition) is 0. The van der Waals surface area contributed by atoms with Crippen LogP contribution >= 0.6 is 23.4 Å². The van der Waals surface area contributed by atoms with E-state index < -0.39 is 0 Å². The number of rotatable bonds is 3. The van der Waals surface area contributed by atoms with Gasteiger partial charge in [-0.15, -0.1) is 11.8 Å². The van der Waals surface area contributed by atoms with Crippen LogP contribution in [0.4, 0.5) is 5.69 Å². The van der Waals surface area contributed by atoms with Crippen molar-refractivity contribution >= 4 is 35.0 Å². The molecular formula is C19H21ClN2OS. The van der Waals surface area contributed by atoms with Crippen molar-refractivity contribution in [3.8, 4) is 0 Å². The van der Waals surface area contributed by atoms with Gasteiger partial charge in [0.2, 0.25) is 0 Å². The Labute approximate surface area is 152 Å². The SMILES string of the molecule is CSc1ccccc1C(=O)N1CCN(c2cc(Cl)ccc2C)CC1. The number of halogens is 1. The number of nitrogens with zero attached hydrogens (tertiary/aromatic N) is 2. The molecule has 0 unspecified atom stereocenters. The van der Waals surface area contributed by atoms with Crippen LogP contribution in [0.15, 0.2) is 47.4 Å². The minimum atomic E-state index is 0.127. The van der Waals surface area contributed by atoms with Crippen LogP contribution in [-0.2, 0) is 0 Å². The Bertz CT molecular complexity index is 742. The van der Waals surface area contributed by atoms with Gasteiger partial charge in [0.1, 0.15) is 0 Å². The number of carbonyl (C=O) groups excluding carboxylic acids is 1. The average Bonchev–Trinajstić information content (AvgIpc) is 2.63. The largest absolute Gasteiger partial charge is 0.368 e. The molecule has 2 aromatic carbocycles. The second kappa shape index (κ2) is 7.49.